The maximum absolute atomic E-state index is 11.8. The van der Waals surface area contributed by atoms with Crippen molar-refractivity contribution in [3.8, 4) is 0 Å². The third-order valence-electron chi connectivity index (χ3n) is 2.21. The maximum atomic E-state index is 11.8. The smallest absolute Gasteiger partial charge is 0.251 e. The van der Waals surface area contributed by atoms with E-state index in [4.69, 9.17) is 11.6 Å². The minimum atomic E-state index is -0.139. The molecule has 0 aliphatic heterocycles. The Morgan fingerprint density at radius 2 is 2.29 bits per heavy atom. The van der Waals surface area contributed by atoms with E-state index in [1.807, 2.05) is 19.1 Å². The van der Waals surface area contributed by atoms with Crippen LogP contribution < -0.4 is 5.32 Å². The summed E-state index contributed by atoms with van der Waals surface area (Å²) < 4.78 is 0. The topological polar surface area (TPSA) is 42.0 Å². The molecule has 2 aromatic heterocycles. The molecule has 5 heteroatoms. The highest BCUT2D eigenvalue weighted by molar-refractivity contribution is 7.11. The number of hydrogen-bond acceptors (Lipinski definition) is 3. The number of thiophene rings is 1. The first-order valence-corrected chi connectivity index (χ1v) is 6.29. The molecule has 0 aliphatic carbocycles. The predicted octanol–water partition coefficient (Wildman–Crippen LogP) is 3.03. The number of aryl methyl sites for hydroxylation is 1. The molecule has 0 spiro atoms. The Balaban J connectivity index is 1.98. The van der Waals surface area contributed by atoms with E-state index in [9.17, 15) is 4.79 Å². The van der Waals surface area contributed by atoms with Gasteiger partial charge < -0.3 is 5.32 Å². The van der Waals surface area contributed by atoms with Crippen LogP contribution in [0.25, 0.3) is 0 Å². The molecule has 0 saturated carbocycles. The zero-order chi connectivity index (χ0) is 12.3. The lowest BCUT2D eigenvalue weighted by Crippen LogP contribution is -2.22. The molecule has 17 heavy (non-hydrogen) atoms. The molecule has 2 rings (SSSR count). The third kappa shape index (κ3) is 3.28. The summed E-state index contributed by atoms with van der Waals surface area (Å²) >= 11 is 7.40. The number of pyridine rings is 1. The number of nitrogens with zero attached hydrogens (tertiary/aromatic N) is 1. The Kier molecular flexibility index (Phi) is 3.76. The second kappa shape index (κ2) is 5.29. The van der Waals surface area contributed by atoms with Crippen LogP contribution >= 0.6 is 22.9 Å². The number of carbonyl (C=O) groups excluding carboxylic acids is 1. The summed E-state index contributed by atoms with van der Waals surface area (Å²) in [5, 5.41) is 3.16. The number of nitrogens with one attached hydrogen (secondary N) is 1. The van der Waals surface area contributed by atoms with Gasteiger partial charge in [-0.1, -0.05) is 11.6 Å². The zero-order valence-electron chi connectivity index (χ0n) is 9.24. The van der Waals surface area contributed by atoms with Gasteiger partial charge in [0.15, 0.2) is 0 Å². The van der Waals surface area contributed by atoms with E-state index in [0.717, 1.165) is 4.88 Å². The van der Waals surface area contributed by atoms with E-state index in [0.29, 0.717) is 17.3 Å². The van der Waals surface area contributed by atoms with Gasteiger partial charge in [0, 0.05) is 21.5 Å². The molecule has 1 amide bonds. The van der Waals surface area contributed by atoms with Crippen molar-refractivity contribution >= 4 is 28.8 Å². The first-order valence-electron chi connectivity index (χ1n) is 5.10. The molecule has 0 radical (unpaired) electrons. The summed E-state index contributed by atoms with van der Waals surface area (Å²) in [7, 11) is 0. The van der Waals surface area contributed by atoms with Gasteiger partial charge in [0.1, 0.15) is 5.15 Å². The zero-order valence-corrected chi connectivity index (χ0v) is 10.8. The lowest BCUT2D eigenvalue weighted by Gasteiger charge is -2.03. The lowest BCUT2D eigenvalue weighted by molar-refractivity contribution is 0.0951. The van der Waals surface area contributed by atoms with E-state index in [1.54, 1.807) is 23.5 Å². The number of halogens is 1. The largest absolute Gasteiger partial charge is 0.347 e. The van der Waals surface area contributed by atoms with Crippen molar-refractivity contribution in [3.05, 3.63) is 50.9 Å². The molecule has 0 aromatic carbocycles. The van der Waals surface area contributed by atoms with Crippen LogP contribution in [0.1, 0.15) is 20.1 Å². The Morgan fingerprint density at radius 1 is 1.47 bits per heavy atom. The van der Waals surface area contributed by atoms with Crippen LogP contribution in [0.5, 0.6) is 0 Å². The molecule has 0 bridgehead atoms. The van der Waals surface area contributed by atoms with Crippen molar-refractivity contribution < 1.29 is 4.79 Å². The van der Waals surface area contributed by atoms with Crippen molar-refractivity contribution in [1.29, 1.82) is 0 Å². The summed E-state index contributed by atoms with van der Waals surface area (Å²) in [4.78, 5) is 18.0. The Bertz CT molecular complexity index is 539. The fraction of sp³-hybridized carbons (Fsp3) is 0.167. The number of carbonyl (C=O) groups is 1. The van der Waals surface area contributed by atoms with Crippen LogP contribution in [-0.2, 0) is 6.54 Å². The number of hydrogen-bond donors (Lipinski definition) is 1. The van der Waals surface area contributed by atoms with E-state index < -0.39 is 0 Å². The summed E-state index contributed by atoms with van der Waals surface area (Å²) in [6.07, 6.45) is 1.52. The monoisotopic (exact) mass is 266 g/mol. The van der Waals surface area contributed by atoms with E-state index >= 15 is 0 Å². The third-order valence-corrected chi connectivity index (χ3v) is 3.42. The Hall–Kier alpha value is -1.39. The van der Waals surface area contributed by atoms with Crippen molar-refractivity contribution in [3.63, 3.8) is 0 Å². The van der Waals surface area contributed by atoms with Crippen LogP contribution in [0.4, 0.5) is 0 Å². The molecular weight excluding hydrogens is 256 g/mol. The van der Waals surface area contributed by atoms with Crippen molar-refractivity contribution in [2.75, 3.05) is 0 Å². The average molecular weight is 267 g/mol. The molecule has 3 nitrogen and oxygen atoms in total. The maximum Gasteiger partial charge on any atom is 0.251 e. The van der Waals surface area contributed by atoms with E-state index in [-0.39, 0.29) is 5.91 Å². The van der Waals surface area contributed by atoms with Crippen LogP contribution in [-0.4, -0.2) is 10.9 Å². The highest BCUT2D eigenvalue weighted by Gasteiger charge is 2.06. The van der Waals surface area contributed by atoms with E-state index in [2.05, 4.69) is 10.3 Å². The second-order valence-electron chi connectivity index (χ2n) is 3.56. The molecule has 0 atom stereocenters. The number of aromatic nitrogens is 1. The van der Waals surface area contributed by atoms with Crippen LogP contribution in [0, 0.1) is 6.92 Å². The lowest BCUT2D eigenvalue weighted by atomic mass is 10.2. The van der Waals surface area contributed by atoms with Gasteiger partial charge in [0.25, 0.3) is 5.91 Å². The van der Waals surface area contributed by atoms with Crippen molar-refractivity contribution in [2.45, 2.75) is 13.5 Å². The summed E-state index contributed by atoms with van der Waals surface area (Å²) in [6, 6.07) is 7.24. The normalized spacial score (nSPS) is 10.2. The molecule has 0 aliphatic rings. The molecule has 2 aromatic rings. The van der Waals surface area contributed by atoms with Gasteiger partial charge in [0.2, 0.25) is 0 Å². The van der Waals surface area contributed by atoms with Gasteiger partial charge in [-0.25, -0.2) is 4.98 Å². The fourth-order valence-corrected chi connectivity index (χ4v) is 2.40. The summed E-state index contributed by atoms with van der Waals surface area (Å²) in [5.41, 5.74) is 0.526. The number of amides is 1. The molecule has 0 fully saturated rings. The van der Waals surface area contributed by atoms with Gasteiger partial charge in [-0.05, 0) is 31.2 Å². The minimum Gasteiger partial charge on any atom is -0.347 e. The van der Waals surface area contributed by atoms with Gasteiger partial charge in [-0.15, -0.1) is 11.3 Å². The highest BCUT2D eigenvalue weighted by Crippen LogP contribution is 2.14. The van der Waals surface area contributed by atoms with Crippen LogP contribution in [0.2, 0.25) is 5.15 Å². The Labute approximate surface area is 108 Å². The molecule has 2 heterocycles. The molecule has 0 unspecified atom stereocenters. The summed E-state index contributed by atoms with van der Waals surface area (Å²) in [5.74, 6) is -0.139. The Morgan fingerprint density at radius 3 is 2.94 bits per heavy atom. The first-order chi connectivity index (χ1) is 8.15. The van der Waals surface area contributed by atoms with Gasteiger partial charge in [-0.2, -0.15) is 0 Å². The summed E-state index contributed by atoms with van der Waals surface area (Å²) in [6.45, 7) is 2.58. The predicted molar refractivity (Wildman–Crippen MR) is 69.5 cm³/mol. The van der Waals surface area contributed by atoms with Crippen molar-refractivity contribution in [2.24, 2.45) is 0 Å². The molecular formula is C12H11ClN2OS. The molecule has 1 N–H and O–H groups in total. The first kappa shape index (κ1) is 12.1. The van der Waals surface area contributed by atoms with Gasteiger partial charge in [0.05, 0.1) is 6.54 Å². The molecule has 88 valence electrons. The van der Waals surface area contributed by atoms with Crippen LogP contribution in [0.3, 0.4) is 0 Å². The minimum absolute atomic E-state index is 0.139. The van der Waals surface area contributed by atoms with E-state index in [1.165, 1.54) is 11.1 Å². The second-order valence-corrected chi connectivity index (χ2v) is 5.32. The van der Waals surface area contributed by atoms with Gasteiger partial charge in [-0.3, -0.25) is 4.79 Å². The standard InChI is InChI=1S/C12H11ClN2OS/c1-8-2-3-10(17-8)7-15-12(16)9-4-5-14-11(13)6-9/h2-6H,7H2,1H3,(H,15,16). The quantitative estimate of drug-likeness (QED) is 0.868. The average Bonchev–Trinajstić information content (AvgIpc) is 2.72. The van der Waals surface area contributed by atoms with Crippen LogP contribution in [0.15, 0.2) is 30.5 Å². The highest BCUT2D eigenvalue weighted by atomic mass is 35.5. The van der Waals surface area contributed by atoms with Gasteiger partial charge >= 0.3 is 0 Å². The molecule has 0 saturated heterocycles. The van der Waals surface area contributed by atoms with Crippen molar-refractivity contribution in [1.82, 2.24) is 10.3 Å². The number of rotatable bonds is 3. The fourth-order valence-electron chi connectivity index (χ4n) is 1.39. The SMILES string of the molecule is Cc1ccc(CNC(=O)c2ccnc(Cl)c2)s1.